The van der Waals surface area contributed by atoms with Gasteiger partial charge in [-0.25, -0.2) is 0 Å². The highest BCUT2D eigenvalue weighted by Gasteiger charge is 2.13. The largest absolute Gasteiger partial charge is 0.494 e. The van der Waals surface area contributed by atoms with Gasteiger partial charge in [-0.1, -0.05) is 34.5 Å². The molecule has 3 aromatic rings. The van der Waals surface area contributed by atoms with Crippen LogP contribution in [-0.2, 0) is 11.3 Å². The van der Waals surface area contributed by atoms with Gasteiger partial charge in [-0.3, -0.25) is 4.79 Å². The van der Waals surface area contributed by atoms with Gasteiger partial charge in [-0.15, -0.1) is 0 Å². The third kappa shape index (κ3) is 4.52. The van der Waals surface area contributed by atoms with E-state index >= 15 is 0 Å². The minimum absolute atomic E-state index is 0.273. The molecule has 1 amide bonds. The predicted molar refractivity (Wildman–Crippen MR) is 109 cm³/mol. The van der Waals surface area contributed by atoms with Crippen molar-refractivity contribution in [3.63, 3.8) is 0 Å². The summed E-state index contributed by atoms with van der Waals surface area (Å²) in [5.74, 6) is 0.339. The second-order valence-corrected chi connectivity index (χ2v) is 7.49. The number of nitrogens with zero attached hydrogens (tertiary/aromatic N) is 2. The van der Waals surface area contributed by atoms with E-state index in [2.05, 4.69) is 4.99 Å². The van der Waals surface area contributed by atoms with Gasteiger partial charge < -0.3 is 14.0 Å². The number of aromatic nitrogens is 1. The van der Waals surface area contributed by atoms with Gasteiger partial charge in [0.15, 0.2) is 4.80 Å². The number of carbonyl (C=O) groups is 1. The van der Waals surface area contributed by atoms with Crippen molar-refractivity contribution in [3.05, 3.63) is 56.8 Å². The van der Waals surface area contributed by atoms with E-state index in [1.54, 1.807) is 19.2 Å². The smallest absolute Gasteiger partial charge is 0.281 e. The summed E-state index contributed by atoms with van der Waals surface area (Å²) in [7, 11) is 1.63. The van der Waals surface area contributed by atoms with Gasteiger partial charge in [0, 0.05) is 18.7 Å². The Bertz CT molecular complexity index is 1040. The molecule has 142 valence electrons. The third-order valence-corrected chi connectivity index (χ3v) is 5.45. The fourth-order valence-electron chi connectivity index (χ4n) is 2.60. The van der Waals surface area contributed by atoms with Crippen molar-refractivity contribution >= 4 is 50.7 Å². The summed E-state index contributed by atoms with van der Waals surface area (Å²) in [6.07, 6.45) is 0. The van der Waals surface area contributed by atoms with Crippen LogP contribution in [0.1, 0.15) is 17.3 Å². The second kappa shape index (κ2) is 8.89. The Hall–Kier alpha value is -1.86. The molecule has 0 aliphatic rings. The van der Waals surface area contributed by atoms with Crippen molar-refractivity contribution in [1.29, 1.82) is 0 Å². The first kappa shape index (κ1) is 19.9. The Morgan fingerprint density at radius 3 is 2.78 bits per heavy atom. The third-order valence-electron chi connectivity index (χ3n) is 3.84. The number of methoxy groups -OCH3 is 1. The molecule has 1 heterocycles. The number of fused-ring (bicyclic) bond motifs is 1. The Balaban J connectivity index is 2.11. The highest BCUT2D eigenvalue weighted by Crippen LogP contribution is 2.24. The van der Waals surface area contributed by atoms with E-state index in [1.165, 1.54) is 17.4 Å². The molecule has 0 unspecified atom stereocenters. The summed E-state index contributed by atoms with van der Waals surface area (Å²) in [5.41, 5.74) is 1.24. The average Bonchev–Trinajstić information content (AvgIpc) is 2.98. The number of hydrogen-bond donors (Lipinski definition) is 0. The number of ether oxygens (including phenoxy) is 2. The fraction of sp³-hybridized carbons (Fsp3) is 0.263. The Morgan fingerprint density at radius 1 is 1.22 bits per heavy atom. The highest BCUT2D eigenvalue weighted by molar-refractivity contribution is 7.16. The number of halogens is 2. The van der Waals surface area contributed by atoms with Crippen molar-refractivity contribution < 1.29 is 14.3 Å². The molecular formula is C19H18Cl2N2O3S. The first-order chi connectivity index (χ1) is 13.0. The number of thiazole rings is 1. The van der Waals surface area contributed by atoms with E-state index in [0.717, 1.165) is 16.0 Å². The van der Waals surface area contributed by atoms with Gasteiger partial charge in [0.1, 0.15) is 5.75 Å². The minimum Gasteiger partial charge on any atom is -0.494 e. The zero-order valence-electron chi connectivity index (χ0n) is 14.9. The summed E-state index contributed by atoms with van der Waals surface area (Å²) in [4.78, 5) is 17.6. The Kier molecular flexibility index (Phi) is 6.55. The lowest BCUT2D eigenvalue weighted by atomic mass is 10.2. The lowest BCUT2D eigenvalue weighted by Gasteiger charge is -2.06. The van der Waals surface area contributed by atoms with E-state index in [-0.39, 0.29) is 5.56 Å². The maximum Gasteiger partial charge on any atom is 0.281 e. The number of carbonyl (C=O) groups excluding carboxylic acids is 1. The first-order valence-electron chi connectivity index (χ1n) is 8.32. The van der Waals surface area contributed by atoms with E-state index in [9.17, 15) is 4.79 Å². The van der Waals surface area contributed by atoms with Crippen molar-refractivity contribution in [3.8, 4) is 5.75 Å². The normalized spacial score (nSPS) is 11.9. The van der Waals surface area contributed by atoms with Crippen LogP contribution in [0.4, 0.5) is 0 Å². The lowest BCUT2D eigenvalue weighted by molar-refractivity contribution is 0.0997. The molecule has 1 aromatic heterocycles. The summed E-state index contributed by atoms with van der Waals surface area (Å²) in [6, 6.07) is 10.6. The quantitative estimate of drug-likeness (QED) is 0.570. The van der Waals surface area contributed by atoms with E-state index in [4.69, 9.17) is 32.7 Å². The molecule has 3 rings (SSSR count). The van der Waals surface area contributed by atoms with Crippen LogP contribution in [0.15, 0.2) is 41.4 Å². The maximum atomic E-state index is 12.7. The van der Waals surface area contributed by atoms with Crippen molar-refractivity contribution in [2.45, 2.75) is 13.5 Å². The molecule has 0 saturated carbocycles. The topological polar surface area (TPSA) is 52.8 Å². The molecule has 0 N–H and O–H groups in total. The van der Waals surface area contributed by atoms with Gasteiger partial charge >= 0.3 is 0 Å². The minimum atomic E-state index is -0.440. The van der Waals surface area contributed by atoms with Crippen LogP contribution in [0.25, 0.3) is 10.2 Å². The van der Waals surface area contributed by atoms with E-state index in [0.29, 0.717) is 34.6 Å². The molecule has 0 saturated heterocycles. The Morgan fingerprint density at radius 2 is 2.04 bits per heavy atom. The number of benzene rings is 2. The molecule has 0 spiro atoms. The standard InChI is InChI=1S/C19H18Cl2N2O3S/c1-3-26-13-5-7-16-17(11-13)27-19(23(16)8-9-25-2)22-18(24)14-10-12(20)4-6-15(14)21/h4-7,10-11H,3,8-9H2,1-2H3. The van der Waals surface area contributed by atoms with Crippen LogP contribution in [0.2, 0.25) is 10.0 Å². The van der Waals surface area contributed by atoms with Crippen LogP contribution in [-0.4, -0.2) is 30.8 Å². The molecule has 27 heavy (non-hydrogen) atoms. The SMILES string of the molecule is CCOc1ccc2c(c1)sc(=NC(=O)c1cc(Cl)ccc1Cl)n2CCOC. The zero-order valence-corrected chi connectivity index (χ0v) is 17.2. The number of hydrogen-bond acceptors (Lipinski definition) is 4. The van der Waals surface area contributed by atoms with Crippen LogP contribution >= 0.6 is 34.5 Å². The van der Waals surface area contributed by atoms with Gasteiger partial charge in [-0.2, -0.15) is 4.99 Å². The fourth-order valence-corrected chi connectivity index (χ4v) is 4.06. The van der Waals surface area contributed by atoms with Crippen molar-refractivity contribution in [2.24, 2.45) is 4.99 Å². The van der Waals surface area contributed by atoms with Gasteiger partial charge in [0.05, 0.1) is 34.0 Å². The molecule has 0 aliphatic carbocycles. The summed E-state index contributed by atoms with van der Waals surface area (Å²) < 4.78 is 13.7. The maximum absolute atomic E-state index is 12.7. The van der Waals surface area contributed by atoms with Crippen LogP contribution in [0.3, 0.4) is 0 Å². The molecular weight excluding hydrogens is 407 g/mol. The molecule has 0 fully saturated rings. The van der Waals surface area contributed by atoms with Crippen molar-refractivity contribution in [1.82, 2.24) is 4.57 Å². The average molecular weight is 425 g/mol. The number of amides is 1. The van der Waals surface area contributed by atoms with Crippen LogP contribution in [0.5, 0.6) is 5.75 Å². The number of rotatable bonds is 6. The molecule has 0 bridgehead atoms. The molecule has 0 atom stereocenters. The highest BCUT2D eigenvalue weighted by atomic mass is 35.5. The summed E-state index contributed by atoms with van der Waals surface area (Å²) >= 11 is 13.5. The first-order valence-corrected chi connectivity index (χ1v) is 9.90. The van der Waals surface area contributed by atoms with Crippen LogP contribution < -0.4 is 9.54 Å². The van der Waals surface area contributed by atoms with E-state index in [1.807, 2.05) is 29.7 Å². The lowest BCUT2D eigenvalue weighted by Crippen LogP contribution is -2.19. The molecule has 5 nitrogen and oxygen atoms in total. The second-order valence-electron chi connectivity index (χ2n) is 5.63. The molecule has 0 aliphatic heterocycles. The summed E-state index contributed by atoms with van der Waals surface area (Å²) in [6.45, 7) is 3.59. The summed E-state index contributed by atoms with van der Waals surface area (Å²) in [5, 5.41) is 0.749. The Labute approximate surface area is 170 Å². The van der Waals surface area contributed by atoms with Gasteiger partial charge in [-0.05, 0) is 43.3 Å². The molecule has 0 radical (unpaired) electrons. The molecule has 2 aromatic carbocycles. The zero-order chi connectivity index (χ0) is 19.4. The molecule has 8 heteroatoms. The van der Waals surface area contributed by atoms with Gasteiger partial charge in [0.25, 0.3) is 5.91 Å². The van der Waals surface area contributed by atoms with E-state index < -0.39 is 5.91 Å². The van der Waals surface area contributed by atoms with Crippen LogP contribution in [0, 0.1) is 0 Å². The van der Waals surface area contributed by atoms with Gasteiger partial charge in [0.2, 0.25) is 0 Å². The van der Waals surface area contributed by atoms with Crippen molar-refractivity contribution in [2.75, 3.05) is 20.3 Å². The predicted octanol–water partition coefficient (Wildman–Crippen LogP) is 4.80. The monoisotopic (exact) mass is 424 g/mol.